The summed E-state index contributed by atoms with van der Waals surface area (Å²) in [6.45, 7) is 0. The first-order chi connectivity index (χ1) is 13.7. The van der Waals surface area contributed by atoms with Crippen molar-refractivity contribution in [3.63, 3.8) is 0 Å². The number of hydrogen-bond acceptors (Lipinski definition) is 7. The number of thiophene rings is 1. The van der Waals surface area contributed by atoms with E-state index in [0.29, 0.717) is 20.8 Å². The van der Waals surface area contributed by atoms with Gasteiger partial charge in [0.15, 0.2) is 5.76 Å². The summed E-state index contributed by atoms with van der Waals surface area (Å²) in [5, 5.41) is 10.8. The fourth-order valence-electron chi connectivity index (χ4n) is 2.34. The molecule has 9 heteroatoms. The fraction of sp³-hybridized carbons (Fsp3) is 0. The van der Waals surface area contributed by atoms with Crippen LogP contribution in [-0.4, -0.2) is 17.1 Å². The maximum Gasteiger partial charge on any atom is 0.292 e. The molecule has 4 aromatic rings. The molecule has 1 aromatic carbocycles. The molecule has 4 rings (SSSR count). The summed E-state index contributed by atoms with van der Waals surface area (Å²) in [5.41, 5.74) is 4.37. The number of nitrogens with zero attached hydrogens (tertiary/aromatic N) is 2. The van der Waals surface area contributed by atoms with Crippen molar-refractivity contribution in [2.75, 3.05) is 10.7 Å². The average molecular weight is 429 g/mol. The Bertz CT molecular complexity index is 1110. The molecule has 0 unspecified atom stereocenters. The van der Waals surface area contributed by atoms with E-state index in [1.54, 1.807) is 24.4 Å². The highest BCUT2D eigenvalue weighted by molar-refractivity contribution is 7.21. The van der Waals surface area contributed by atoms with Gasteiger partial charge in [-0.1, -0.05) is 47.2 Å². The van der Waals surface area contributed by atoms with E-state index in [-0.39, 0.29) is 11.7 Å². The SMILES string of the molecule is O=C(Nc1sc(N/N=C/c2ccccc2Cl)nc1-c1cccs1)c1ccco1. The molecule has 0 aliphatic rings. The van der Waals surface area contributed by atoms with E-state index in [0.717, 1.165) is 10.4 Å². The lowest BCUT2D eigenvalue weighted by molar-refractivity contribution is 0.0997. The highest BCUT2D eigenvalue weighted by Gasteiger charge is 2.18. The molecule has 28 heavy (non-hydrogen) atoms. The molecule has 0 spiro atoms. The molecule has 0 saturated carbocycles. The molecule has 2 N–H and O–H groups in total. The molecule has 0 aliphatic heterocycles. The van der Waals surface area contributed by atoms with Crippen molar-refractivity contribution < 1.29 is 9.21 Å². The molecule has 140 valence electrons. The number of hydrazone groups is 1. The van der Waals surface area contributed by atoms with Crippen LogP contribution < -0.4 is 10.7 Å². The standard InChI is InChI=1S/C19H13ClN4O2S2/c20-13-6-2-1-5-12(13)11-21-24-19-22-16(15-8-4-10-27-15)18(28-19)23-17(25)14-7-3-9-26-14/h1-11H,(H,22,24)(H,23,25)/b21-11+. The van der Waals surface area contributed by atoms with Crippen molar-refractivity contribution in [3.05, 3.63) is 76.5 Å². The predicted octanol–water partition coefficient (Wildman–Crippen LogP) is 5.82. The van der Waals surface area contributed by atoms with Gasteiger partial charge in [-0.2, -0.15) is 5.10 Å². The smallest absolute Gasteiger partial charge is 0.292 e. The van der Waals surface area contributed by atoms with Crippen LogP contribution in [0.25, 0.3) is 10.6 Å². The first-order valence-electron chi connectivity index (χ1n) is 8.14. The van der Waals surface area contributed by atoms with Gasteiger partial charge in [-0.15, -0.1) is 11.3 Å². The molecular weight excluding hydrogens is 416 g/mol. The molecule has 0 bridgehead atoms. The van der Waals surface area contributed by atoms with Gasteiger partial charge in [0, 0.05) is 10.6 Å². The van der Waals surface area contributed by atoms with Gasteiger partial charge in [-0.3, -0.25) is 10.2 Å². The lowest BCUT2D eigenvalue weighted by Crippen LogP contribution is -2.10. The van der Waals surface area contributed by atoms with Gasteiger partial charge in [0.1, 0.15) is 10.7 Å². The summed E-state index contributed by atoms with van der Waals surface area (Å²) in [5.74, 6) is -0.102. The van der Waals surface area contributed by atoms with Gasteiger partial charge in [-0.25, -0.2) is 4.98 Å². The number of hydrogen-bond donors (Lipinski definition) is 2. The Kier molecular flexibility index (Phi) is 5.52. The summed E-state index contributed by atoms with van der Waals surface area (Å²) >= 11 is 8.95. The largest absolute Gasteiger partial charge is 0.459 e. The fourth-order valence-corrected chi connectivity index (χ4v) is 4.14. The second-order valence-corrected chi connectivity index (χ2v) is 7.85. The van der Waals surface area contributed by atoms with Crippen LogP contribution in [0.15, 0.2) is 69.7 Å². The number of aromatic nitrogens is 1. The zero-order valence-electron chi connectivity index (χ0n) is 14.3. The molecule has 3 heterocycles. The number of carbonyl (C=O) groups is 1. The van der Waals surface area contributed by atoms with Crippen LogP contribution in [0.4, 0.5) is 10.1 Å². The highest BCUT2D eigenvalue weighted by atomic mass is 35.5. The van der Waals surface area contributed by atoms with E-state index in [1.807, 2.05) is 35.7 Å². The quantitative estimate of drug-likeness (QED) is 0.299. The Labute approximate surface area is 173 Å². The number of carbonyl (C=O) groups excluding carboxylic acids is 1. The first kappa shape index (κ1) is 18.4. The Morgan fingerprint density at radius 2 is 2.07 bits per heavy atom. The van der Waals surface area contributed by atoms with Crippen LogP contribution >= 0.6 is 34.3 Å². The molecule has 0 saturated heterocycles. The summed E-state index contributed by atoms with van der Waals surface area (Å²) in [6, 6.07) is 14.5. The molecule has 0 atom stereocenters. The monoisotopic (exact) mass is 428 g/mol. The zero-order chi connectivity index (χ0) is 19.3. The summed E-state index contributed by atoms with van der Waals surface area (Å²) in [6.07, 6.45) is 3.08. The number of furan rings is 1. The third kappa shape index (κ3) is 4.14. The van der Waals surface area contributed by atoms with Crippen molar-refractivity contribution in [3.8, 4) is 10.6 Å². The maximum atomic E-state index is 12.4. The molecule has 0 fully saturated rings. The predicted molar refractivity (Wildman–Crippen MR) is 115 cm³/mol. The van der Waals surface area contributed by atoms with Gasteiger partial charge in [0.2, 0.25) is 5.13 Å². The third-order valence-corrected chi connectivity index (χ3v) is 5.72. The Morgan fingerprint density at radius 3 is 2.82 bits per heavy atom. The van der Waals surface area contributed by atoms with Crippen LogP contribution in [0.1, 0.15) is 16.1 Å². The molecule has 0 aliphatic carbocycles. The number of benzene rings is 1. The first-order valence-corrected chi connectivity index (χ1v) is 10.2. The Morgan fingerprint density at radius 1 is 1.18 bits per heavy atom. The summed E-state index contributed by atoms with van der Waals surface area (Å²) in [7, 11) is 0. The molecule has 6 nitrogen and oxygen atoms in total. The Balaban J connectivity index is 1.57. The van der Waals surface area contributed by atoms with Crippen molar-refractivity contribution >= 4 is 56.5 Å². The van der Waals surface area contributed by atoms with E-state index >= 15 is 0 Å². The van der Waals surface area contributed by atoms with Gasteiger partial charge < -0.3 is 9.73 Å². The topological polar surface area (TPSA) is 79.5 Å². The van der Waals surface area contributed by atoms with Crippen LogP contribution in [-0.2, 0) is 0 Å². The normalized spacial score (nSPS) is 11.0. The van der Waals surface area contributed by atoms with Gasteiger partial charge >= 0.3 is 0 Å². The van der Waals surface area contributed by atoms with Crippen molar-refractivity contribution in [2.24, 2.45) is 5.10 Å². The van der Waals surface area contributed by atoms with Crippen molar-refractivity contribution in [1.82, 2.24) is 4.98 Å². The zero-order valence-corrected chi connectivity index (χ0v) is 16.6. The van der Waals surface area contributed by atoms with Gasteiger partial charge in [0.05, 0.1) is 17.4 Å². The number of halogens is 1. The van der Waals surface area contributed by atoms with E-state index in [4.69, 9.17) is 16.0 Å². The van der Waals surface area contributed by atoms with Crippen molar-refractivity contribution in [2.45, 2.75) is 0 Å². The molecule has 1 amide bonds. The number of nitrogens with one attached hydrogen (secondary N) is 2. The van der Waals surface area contributed by atoms with Gasteiger partial charge in [0.25, 0.3) is 5.91 Å². The van der Waals surface area contributed by atoms with Crippen molar-refractivity contribution in [1.29, 1.82) is 0 Å². The van der Waals surface area contributed by atoms with Crippen LogP contribution in [0.5, 0.6) is 0 Å². The van der Waals surface area contributed by atoms with E-state index in [1.165, 1.54) is 28.9 Å². The minimum atomic E-state index is -0.336. The molecule has 0 radical (unpaired) electrons. The number of thiazole rings is 1. The van der Waals surface area contributed by atoms with Crippen LogP contribution in [0, 0.1) is 0 Å². The molecular formula is C19H13ClN4O2S2. The molecule has 3 aromatic heterocycles. The lowest BCUT2D eigenvalue weighted by atomic mass is 10.2. The lowest BCUT2D eigenvalue weighted by Gasteiger charge is -2.01. The van der Waals surface area contributed by atoms with E-state index in [2.05, 4.69) is 20.8 Å². The number of rotatable bonds is 6. The van der Waals surface area contributed by atoms with E-state index < -0.39 is 0 Å². The highest BCUT2D eigenvalue weighted by Crippen LogP contribution is 2.38. The second kappa shape index (κ2) is 8.39. The maximum absolute atomic E-state index is 12.4. The van der Waals surface area contributed by atoms with Crippen LogP contribution in [0.3, 0.4) is 0 Å². The van der Waals surface area contributed by atoms with Crippen LogP contribution in [0.2, 0.25) is 5.02 Å². The minimum absolute atomic E-state index is 0.233. The average Bonchev–Trinajstić information content (AvgIpc) is 3.45. The van der Waals surface area contributed by atoms with E-state index in [9.17, 15) is 4.79 Å². The third-order valence-electron chi connectivity index (χ3n) is 3.62. The number of amides is 1. The summed E-state index contributed by atoms with van der Waals surface area (Å²) < 4.78 is 5.15. The Hall–Kier alpha value is -2.94. The van der Waals surface area contributed by atoms with Gasteiger partial charge in [-0.05, 0) is 29.6 Å². The number of anilines is 2. The second-order valence-electron chi connectivity index (χ2n) is 5.50. The minimum Gasteiger partial charge on any atom is -0.459 e. The summed E-state index contributed by atoms with van der Waals surface area (Å²) in [4.78, 5) is 17.9.